The smallest absolute Gasteiger partial charge is 0.223 e. The van der Waals surface area contributed by atoms with E-state index in [4.69, 9.17) is 0 Å². The molecule has 1 aliphatic rings. The molecule has 1 heterocycles. The van der Waals surface area contributed by atoms with Gasteiger partial charge < -0.3 is 15.3 Å². The predicted molar refractivity (Wildman–Crippen MR) is 88.5 cm³/mol. The van der Waals surface area contributed by atoms with Gasteiger partial charge >= 0.3 is 0 Å². The molecule has 1 aliphatic heterocycles. The van der Waals surface area contributed by atoms with Crippen LogP contribution in [0, 0.1) is 5.92 Å². The van der Waals surface area contributed by atoms with E-state index in [0.29, 0.717) is 0 Å². The largest absolute Gasteiger partial charge is 0.388 e. The summed E-state index contributed by atoms with van der Waals surface area (Å²) in [5.41, 5.74) is 0.787. The number of likely N-dealkylation sites (tertiary alicyclic amines) is 1. The van der Waals surface area contributed by atoms with Crippen molar-refractivity contribution >= 4 is 5.91 Å². The number of amides is 1. The van der Waals surface area contributed by atoms with Crippen LogP contribution >= 0.6 is 0 Å². The van der Waals surface area contributed by atoms with Gasteiger partial charge in [-0.1, -0.05) is 37.3 Å². The summed E-state index contributed by atoms with van der Waals surface area (Å²) in [5, 5.41) is 13.1. The summed E-state index contributed by atoms with van der Waals surface area (Å²) in [6.45, 7) is 7.44. The van der Waals surface area contributed by atoms with E-state index in [0.717, 1.165) is 31.1 Å². The summed E-state index contributed by atoms with van der Waals surface area (Å²) in [7, 11) is 0. The van der Waals surface area contributed by atoms with Crippen LogP contribution in [0.25, 0.3) is 0 Å². The van der Waals surface area contributed by atoms with Crippen LogP contribution < -0.4 is 5.32 Å². The van der Waals surface area contributed by atoms with Crippen LogP contribution in [0.4, 0.5) is 0 Å². The van der Waals surface area contributed by atoms with Crippen molar-refractivity contribution in [2.75, 3.05) is 19.6 Å². The number of hydrogen-bond acceptors (Lipinski definition) is 3. The monoisotopic (exact) mass is 304 g/mol. The van der Waals surface area contributed by atoms with Crippen molar-refractivity contribution in [3.05, 3.63) is 35.9 Å². The molecule has 2 N–H and O–H groups in total. The molecule has 0 spiro atoms. The molecule has 0 radical (unpaired) electrons. The zero-order valence-electron chi connectivity index (χ0n) is 13.7. The van der Waals surface area contributed by atoms with Gasteiger partial charge in [0.1, 0.15) is 0 Å². The lowest BCUT2D eigenvalue weighted by Crippen LogP contribution is -2.45. The highest BCUT2D eigenvalue weighted by atomic mass is 16.3. The first-order chi connectivity index (χ1) is 10.5. The van der Waals surface area contributed by atoms with Crippen LogP contribution in [-0.2, 0) is 4.79 Å². The summed E-state index contributed by atoms with van der Waals surface area (Å²) in [6.07, 6.45) is 1.93. The van der Waals surface area contributed by atoms with Crippen LogP contribution in [0.1, 0.15) is 44.8 Å². The van der Waals surface area contributed by atoms with E-state index < -0.39 is 6.10 Å². The lowest BCUT2D eigenvalue weighted by Gasteiger charge is -2.32. The molecule has 1 amide bonds. The lowest BCUT2D eigenvalue weighted by atomic mass is 10.00. The molecule has 4 nitrogen and oxygen atoms in total. The van der Waals surface area contributed by atoms with Crippen molar-refractivity contribution in [1.29, 1.82) is 0 Å². The van der Waals surface area contributed by atoms with Crippen molar-refractivity contribution in [3.8, 4) is 0 Å². The molecule has 0 aromatic heterocycles. The first kappa shape index (κ1) is 17.0. The molecule has 0 bridgehead atoms. The second-order valence-electron chi connectivity index (χ2n) is 6.61. The fourth-order valence-corrected chi connectivity index (χ4v) is 3.19. The number of rotatable bonds is 6. The number of carbonyl (C=O) groups excluding carboxylic acids is 1. The number of benzene rings is 1. The van der Waals surface area contributed by atoms with Gasteiger partial charge in [-0.2, -0.15) is 0 Å². The number of carbonyl (C=O) groups is 1. The normalized spacial score (nSPS) is 22.0. The number of aliphatic hydroxyl groups excluding tert-OH is 1. The van der Waals surface area contributed by atoms with Gasteiger partial charge in [-0.3, -0.25) is 4.79 Å². The fourth-order valence-electron chi connectivity index (χ4n) is 3.19. The van der Waals surface area contributed by atoms with Crippen LogP contribution in [0.3, 0.4) is 0 Å². The van der Waals surface area contributed by atoms with Gasteiger partial charge in [-0.15, -0.1) is 0 Å². The molecule has 122 valence electrons. The molecule has 1 saturated heterocycles. The maximum Gasteiger partial charge on any atom is 0.223 e. The van der Waals surface area contributed by atoms with E-state index in [1.54, 1.807) is 0 Å². The van der Waals surface area contributed by atoms with E-state index >= 15 is 0 Å². The molecule has 0 aliphatic carbocycles. The zero-order chi connectivity index (χ0) is 15.9. The summed E-state index contributed by atoms with van der Waals surface area (Å²) in [4.78, 5) is 14.5. The van der Waals surface area contributed by atoms with Gasteiger partial charge in [-0.05, 0) is 37.8 Å². The van der Waals surface area contributed by atoms with Crippen LogP contribution in [0.15, 0.2) is 30.3 Å². The maximum atomic E-state index is 12.1. The maximum absolute atomic E-state index is 12.1. The average Bonchev–Trinajstić information content (AvgIpc) is 2.47. The summed E-state index contributed by atoms with van der Waals surface area (Å²) in [5.74, 6) is 0.658. The van der Waals surface area contributed by atoms with Gasteiger partial charge in [0.2, 0.25) is 5.91 Å². The molecule has 2 rings (SSSR count). The Morgan fingerprint density at radius 2 is 2.14 bits per heavy atom. The second kappa shape index (κ2) is 8.30. The molecule has 1 aromatic carbocycles. The van der Waals surface area contributed by atoms with Gasteiger partial charge in [-0.25, -0.2) is 0 Å². The molecule has 3 atom stereocenters. The Bertz CT molecular complexity index is 463. The van der Waals surface area contributed by atoms with Crippen molar-refractivity contribution < 1.29 is 9.90 Å². The number of nitrogens with one attached hydrogen (secondary N) is 1. The highest BCUT2D eigenvalue weighted by Crippen LogP contribution is 2.17. The number of hydrogen-bond donors (Lipinski definition) is 2. The second-order valence-corrected chi connectivity index (χ2v) is 6.61. The third kappa shape index (κ3) is 5.43. The summed E-state index contributed by atoms with van der Waals surface area (Å²) >= 11 is 0. The molecule has 0 saturated carbocycles. The van der Waals surface area contributed by atoms with Gasteiger partial charge in [0, 0.05) is 19.1 Å². The van der Waals surface area contributed by atoms with Gasteiger partial charge in [0.15, 0.2) is 0 Å². The first-order valence-electron chi connectivity index (χ1n) is 8.29. The first-order valence-corrected chi connectivity index (χ1v) is 8.29. The van der Waals surface area contributed by atoms with Crippen molar-refractivity contribution in [3.63, 3.8) is 0 Å². The molecule has 22 heavy (non-hydrogen) atoms. The lowest BCUT2D eigenvalue weighted by molar-refractivity contribution is -0.123. The average molecular weight is 304 g/mol. The Morgan fingerprint density at radius 3 is 2.82 bits per heavy atom. The van der Waals surface area contributed by atoms with Gasteiger partial charge in [0.05, 0.1) is 12.5 Å². The predicted octanol–water partition coefficient (Wildman–Crippen LogP) is 2.35. The Hall–Kier alpha value is -1.39. The van der Waals surface area contributed by atoms with E-state index in [1.807, 2.05) is 37.3 Å². The van der Waals surface area contributed by atoms with Crippen LogP contribution in [0.5, 0.6) is 0 Å². The molecular weight excluding hydrogens is 276 g/mol. The third-order valence-corrected chi connectivity index (χ3v) is 4.24. The van der Waals surface area contributed by atoms with Crippen LogP contribution in [-0.4, -0.2) is 41.6 Å². The van der Waals surface area contributed by atoms with E-state index in [1.165, 1.54) is 12.8 Å². The zero-order valence-corrected chi connectivity index (χ0v) is 13.7. The van der Waals surface area contributed by atoms with E-state index in [-0.39, 0.29) is 18.4 Å². The van der Waals surface area contributed by atoms with Crippen molar-refractivity contribution in [1.82, 2.24) is 10.2 Å². The quantitative estimate of drug-likeness (QED) is 0.848. The number of piperidine rings is 1. The van der Waals surface area contributed by atoms with Crippen molar-refractivity contribution in [2.24, 2.45) is 5.92 Å². The van der Waals surface area contributed by atoms with E-state index in [2.05, 4.69) is 17.1 Å². The minimum absolute atomic E-state index is 0.0890. The highest BCUT2D eigenvalue weighted by Gasteiger charge is 2.20. The molecule has 4 heteroatoms. The van der Waals surface area contributed by atoms with Crippen molar-refractivity contribution in [2.45, 2.75) is 45.3 Å². The summed E-state index contributed by atoms with van der Waals surface area (Å²) in [6, 6.07) is 9.44. The van der Waals surface area contributed by atoms with E-state index in [9.17, 15) is 9.90 Å². The molecular formula is C18H28N2O2. The SMILES string of the molecule is CC1CCCN(CC(C)NC(=O)CC(O)c2ccccc2)C1. The molecule has 1 aromatic rings. The van der Waals surface area contributed by atoms with Gasteiger partial charge in [0.25, 0.3) is 0 Å². The fraction of sp³-hybridized carbons (Fsp3) is 0.611. The summed E-state index contributed by atoms with van der Waals surface area (Å²) < 4.78 is 0. The Labute approximate surface area is 133 Å². The van der Waals surface area contributed by atoms with Crippen LogP contribution in [0.2, 0.25) is 0 Å². The third-order valence-electron chi connectivity index (χ3n) is 4.24. The Kier molecular flexibility index (Phi) is 6.40. The topological polar surface area (TPSA) is 52.6 Å². The molecule has 3 unspecified atom stereocenters. The Morgan fingerprint density at radius 1 is 1.41 bits per heavy atom. The molecule has 1 fully saturated rings. The standard InChI is InChI=1S/C18H28N2O2/c1-14-7-6-10-20(12-14)13-15(2)19-18(22)11-17(21)16-8-4-3-5-9-16/h3-5,8-9,14-15,17,21H,6-7,10-13H2,1-2H3,(H,19,22). The number of aliphatic hydroxyl groups is 1. The highest BCUT2D eigenvalue weighted by molar-refractivity contribution is 5.76. The Balaban J connectivity index is 1.74. The minimum Gasteiger partial charge on any atom is -0.388 e. The number of nitrogens with zero attached hydrogens (tertiary/aromatic N) is 1. The minimum atomic E-state index is -0.733.